The van der Waals surface area contributed by atoms with Gasteiger partial charge in [0.2, 0.25) is 0 Å². The van der Waals surface area contributed by atoms with E-state index in [0.29, 0.717) is 17.8 Å². The summed E-state index contributed by atoms with van der Waals surface area (Å²) in [5, 5.41) is 14.5. The van der Waals surface area contributed by atoms with E-state index in [1.54, 1.807) is 24.3 Å². The summed E-state index contributed by atoms with van der Waals surface area (Å²) in [4.78, 5) is 14.2. The van der Waals surface area contributed by atoms with Gasteiger partial charge in [0.25, 0.3) is 0 Å². The van der Waals surface area contributed by atoms with E-state index >= 15 is 0 Å². The minimum absolute atomic E-state index is 0.0850. The molecule has 2 rings (SSSR count). The molecule has 0 saturated heterocycles. The van der Waals surface area contributed by atoms with Gasteiger partial charge in [0.05, 0.1) is 17.7 Å². The van der Waals surface area contributed by atoms with Crippen molar-refractivity contribution in [1.82, 2.24) is 10.2 Å². The van der Waals surface area contributed by atoms with Crippen LogP contribution < -0.4 is 10.6 Å². The number of benzene rings is 2. The van der Waals surface area contributed by atoms with Crippen LogP contribution in [0.1, 0.15) is 22.7 Å². The summed E-state index contributed by atoms with van der Waals surface area (Å²) in [6.07, 6.45) is 0. The van der Waals surface area contributed by atoms with E-state index in [9.17, 15) is 4.79 Å². The van der Waals surface area contributed by atoms with Crippen LogP contribution >= 0.6 is 0 Å². The van der Waals surface area contributed by atoms with E-state index in [2.05, 4.69) is 52.8 Å². The highest BCUT2D eigenvalue weighted by molar-refractivity contribution is 5.89. The molecule has 0 aliphatic heterocycles. The van der Waals surface area contributed by atoms with Crippen molar-refractivity contribution in [1.29, 1.82) is 5.26 Å². The van der Waals surface area contributed by atoms with Gasteiger partial charge in [0, 0.05) is 12.2 Å². The van der Waals surface area contributed by atoms with Crippen LogP contribution in [0.4, 0.5) is 10.5 Å². The Kier molecular flexibility index (Phi) is 5.94. The molecule has 124 valence electrons. The third kappa shape index (κ3) is 4.83. The lowest BCUT2D eigenvalue weighted by Gasteiger charge is -2.25. The van der Waals surface area contributed by atoms with Gasteiger partial charge in [-0.05, 0) is 44.8 Å². The summed E-state index contributed by atoms with van der Waals surface area (Å²) in [6, 6.07) is 17.0. The number of nitriles is 1. The fourth-order valence-electron chi connectivity index (χ4n) is 2.42. The average Bonchev–Trinajstić information content (AvgIpc) is 2.56. The summed E-state index contributed by atoms with van der Waals surface area (Å²) < 4.78 is 0. The Morgan fingerprint density at radius 3 is 2.54 bits per heavy atom. The molecular formula is C19H22N4O. The number of nitrogens with zero attached hydrogens (tertiary/aromatic N) is 2. The Labute approximate surface area is 142 Å². The summed E-state index contributed by atoms with van der Waals surface area (Å²) in [6.45, 7) is 2.54. The van der Waals surface area contributed by atoms with Crippen molar-refractivity contribution in [2.45, 2.75) is 13.0 Å². The first-order valence-electron chi connectivity index (χ1n) is 7.77. The summed E-state index contributed by atoms with van der Waals surface area (Å²) in [5.74, 6) is 0. The molecule has 5 nitrogen and oxygen atoms in total. The number of likely N-dealkylation sites (N-methyl/N-ethyl adjacent to an activating group) is 1. The molecule has 0 heterocycles. The fraction of sp³-hybridized carbons (Fsp3) is 0.263. The van der Waals surface area contributed by atoms with Crippen molar-refractivity contribution in [3.8, 4) is 6.07 Å². The number of carbonyl (C=O) groups is 1. The zero-order chi connectivity index (χ0) is 17.5. The van der Waals surface area contributed by atoms with E-state index < -0.39 is 0 Å². The van der Waals surface area contributed by atoms with Crippen molar-refractivity contribution in [2.75, 3.05) is 26.0 Å². The van der Waals surface area contributed by atoms with Crippen molar-refractivity contribution in [3.63, 3.8) is 0 Å². The standard InChI is InChI=1S/C19H22N4O/c1-14-7-9-16(10-8-14)18(23(2)3)13-21-19(24)22-17-6-4-5-15(11-17)12-20/h4-11,18H,13H2,1-3H3,(H2,21,22,24)/t18-/m0/s1. The molecule has 5 heteroatoms. The zero-order valence-corrected chi connectivity index (χ0v) is 14.2. The third-order valence-electron chi connectivity index (χ3n) is 3.79. The van der Waals surface area contributed by atoms with Crippen LogP contribution in [0.2, 0.25) is 0 Å². The molecule has 2 aromatic rings. The monoisotopic (exact) mass is 322 g/mol. The van der Waals surface area contributed by atoms with Crippen LogP contribution in [0.25, 0.3) is 0 Å². The second-order valence-electron chi connectivity index (χ2n) is 5.92. The molecule has 2 amide bonds. The number of hydrogen-bond acceptors (Lipinski definition) is 3. The van der Waals surface area contributed by atoms with Gasteiger partial charge in [0.1, 0.15) is 0 Å². The summed E-state index contributed by atoms with van der Waals surface area (Å²) in [5.41, 5.74) is 3.47. The van der Waals surface area contributed by atoms with Gasteiger partial charge in [-0.15, -0.1) is 0 Å². The first kappa shape index (κ1) is 17.5. The van der Waals surface area contributed by atoms with Crippen molar-refractivity contribution >= 4 is 11.7 Å². The molecule has 0 unspecified atom stereocenters. The molecule has 0 aromatic heterocycles. The first-order valence-corrected chi connectivity index (χ1v) is 7.77. The number of urea groups is 1. The summed E-state index contributed by atoms with van der Waals surface area (Å²) >= 11 is 0. The van der Waals surface area contributed by atoms with Crippen molar-refractivity contribution in [3.05, 3.63) is 65.2 Å². The number of amides is 2. The number of anilines is 1. The second kappa shape index (κ2) is 8.14. The van der Waals surface area contributed by atoms with Crippen LogP contribution in [-0.4, -0.2) is 31.6 Å². The molecule has 2 N–H and O–H groups in total. The van der Waals surface area contributed by atoms with E-state index in [1.807, 2.05) is 14.1 Å². The van der Waals surface area contributed by atoms with Crippen LogP contribution in [0.15, 0.2) is 48.5 Å². The van der Waals surface area contributed by atoms with Gasteiger partial charge in [-0.2, -0.15) is 5.26 Å². The predicted octanol–water partition coefficient (Wildman–Crippen LogP) is 3.29. The zero-order valence-electron chi connectivity index (χ0n) is 14.2. The Bertz CT molecular complexity index is 732. The smallest absolute Gasteiger partial charge is 0.319 e. The number of hydrogen-bond donors (Lipinski definition) is 2. The SMILES string of the molecule is Cc1ccc([C@H](CNC(=O)Nc2cccc(C#N)c2)N(C)C)cc1. The fourth-order valence-corrected chi connectivity index (χ4v) is 2.42. The number of carbonyl (C=O) groups excluding carboxylic acids is 1. The van der Waals surface area contributed by atoms with E-state index in [0.717, 1.165) is 5.56 Å². The number of nitrogens with one attached hydrogen (secondary N) is 2. The van der Waals surface area contributed by atoms with Crippen LogP contribution in [0.5, 0.6) is 0 Å². The minimum atomic E-state index is -0.288. The number of rotatable bonds is 5. The van der Waals surface area contributed by atoms with Crippen LogP contribution in [-0.2, 0) is 0 Å². The normalized spacial score (nSPS) is 11.6. The molecule has 24 heavy (non-hydrogen) atoms. The maximum absolute atomic E-state index is 12.1. The largest absolute Gasteiger partial charge is 0.336 e. The molecule has 0 saturated carbocycles. The molecular weight excluding hydrogens is 300 g/mol. The van der Waals surface area contributed by atoms with Crippen molar-refractivity contribution in [2.24, 2.45) is 0 Å². The first-order chi connectivity index (χ1) is 11.5. The Balaban J connectivity index is 1.97. The van der Waals surface area contributed by atoms with E-state index in [1.165, 1.54) is 5.56 Å². The third-order valence-corrected chi connectivity index (χ3v) is 3.79. The van der Waals surface area contributed by atoms with Crippen LogP contribution in [0.3, 0.4) is 0 Å². The Hall–Kier alpha value is -2.84. The molecule has 0 aliphatic rings. The number of aryl methyl sites for hydroxylation is 1. The average molecular weight is 322 g/mol. The lowest BCUT2D eigenvalue weighted by Crippen LogP contribution is -2.36. The quantitative estimate of drug-likeness (QED) is 0.887. The highest BCUT2D eigenvalue weighted by atomic mass is 16.2. The predicted molar refractivity (Wildman–Crippen MR) is 95.8 cm³/mol. The van der Waals surface area contributed by atoms with Gasteiger partial charge < -0.3 is 15.5 Å². The molecule has 0 radical (unpaired) electrons. The van der Waals surface area contributed by atoms with Crippen molar-refractivity contribution < 1.29 is 4.79 Å². The van der Waals surface area contributed by atoms with Gasteiger partial charge >= 0.3 is 6.03 Å². The highest BCUT2D eigenvalue weighted by Crippen LogP contribution is 2.18. The second-order valence-corrected chi connectivity index (χ2v) is 5.92. The molecule has 0 aliphatic carbocycles. The topological polar surface area (TPSA) is 68.2 Å². The van der Waals surface area contributed by atoms with Gasteiger partial charge in [-0.3, -0.25) is 0 Å². The maximum atomic E-state index is 12.1. The lowest BCUT2D eigenvalue weighted by molar-refractivity contribution is 0.243. The van der Waals surface area contributed by atoms with Gasteiger partial charge in [0.15, 0.2) is 0 Å². The summed E-state index contributed by atoms with van der Waals surface area (Å²) in [7, 11) is 3.97. The maximum Gasteiger partial charge on any atom is 0.319 e. The molecule has 0 bridgehead atoms. The molecule has 0 spiro atoms. The van der Waals surface area contributed by atoms with Crippen LogP contribution in [0, 0.1) is 18.3 Å². The molecule has 1 atom stereocenters. The Morgan fingerprint density at radius 1 is 1.21 bits per heavy atom. The lowest BCUT2D eigenvalue weighted by atomic mass is 10.0. The molecule has 0 fully saturated rings. The van der Waals surface area contributed by atoms with E-state index in [-0.39, 0.29) is 12.1 Å². The van der Waals surface area contributed by atoms with Gasteiger partial charge in [-0.1, -0.05) is 35.9 Å². The van der Waals surface area contributed by atoms with Gasteiger partial charge in [-0.25, -0.2) is 4.79 Å². The Morgan fingerprint density at radius 2 is 1.92 bits per heavy atom. The highest BCUT2D eigenvalue weighted by Gasteiger charge is 2.15. The van der Waals surface area contributed by atoms with E-state index in [4.69, 9.17) is 5.26 Å². The minimum Gasteiger partial charge on any atom is -0.336 e. The molecule has 2 aromatic carbocycles.